The number of ether oxygens (including phenoxy) is 1. The molecule has 0 aromatic heterocycles. The van der Waals surface area contributed by atoms with Crippen LogP contribution >= 0.6 is 0 Å². The summed E-state index contributed by atoms with van der Waals surface area (Å²) in [4.78, 5) is 11.2. The highest BCUT2D eigenvalue weighted by atomic mass is 16.5. The van der Waals surface area contributed by atoms with Gasteiger partial charge in [-0.15, -0.1) is 0 Å². The fourth-order valence-corrected chi connectivity index (χ4v) is 1.54. The number of para-hydroxylation sites is 1. The van der Waals surface area contributed by atoms with Crippen molar-refractivity contribution in [2.45, 2.75) is 26.7 Å². The van der Waals surface area contributed by atoms with Gasteiger partial charge in [-0.3, -0.25) is 4.79 Å². The van der Waals surface area contributed by atoms with E-state index < -0.39 is 0 Å². The molecule has 0 heterocycles. The SMILES string of the molecule is CCOC(=O)CNc1ccccc1C(C)C. The Morgan fingerprint density at radius 2 is 2.06 bits per heavy atom. The van der Waals surface area contributed by atoms with Crippen LogP contribution in [-0.2, 0) is 9.53 Å². The number of hydrogen-bond donors (Lipinski definition) is 1. The maximum Gasteiger partial charge on any atom is 0.325 e. The van der Waals surface area contributed by atoms with Crippen molar-refractivity contribution in [3.8, 4) is 0 Å². The first-order chi connectivity index (χ1) is 7.65. The molecule has 0 spiro atoms. The van der Waals surface area contributed by atoms with Crippen LogP contribution in [0.2, 0.25) is 0 Å². The molecule has 1 aromatic carbocycles. The van der Waals surface area contributed by atoms with Gasteiger partial charge in [0.25, 0.3) is 0 Å². The second-order valence-corrected chi connectivity index (χ2v) is 3.90. The third-order valence-corrected chi connectivity index (χ3v) is 2.31. The van der Waals surface area contributed by atoms with Crippen LogP contribution in [0.1, 0.15) is 32.3 Å². The van der Waals surface area contributed by atoms with E-state index in [0.29, 0.717) is 12.5 Å². The minimum absolute atomic E-state index is 0.220. The number of carbonyl (C=O) groups excluding carboxylic acids is 1. The van der Waals surface area contributed by atoms with Crippen LogP contribution in [0, 0.1) is 0 Å². The number of anilines is 1. The highest BCUT2D eigenvalue weighted by Gasteiger charge is 2.07. The minimum Gasteiger partial charge on any atom is -0.465 e. The number of rotatable bonds is 5. The van der Waals surface area contributed by atoms with E-state index >= 15 is 0 Å². The molecule has 0 radical (unpaired) electrons. The van der Waals surface area contributed by atoms with Gasteiger partial charge >= 0.3 is 5.97 Å². The lowest BCUT2D eigenvalue weighted by Gasteiger charge is -2.13. The summed E-state index contributed by atoms with van der Waals surface area (Å²) in [6, 6.07) is 8.01. The summed E-state index contributed by atoms with van der Waals surface area (Å²) in [5.41, 5.74) is 2.22. The molecule has 0 saturated heterocycles. The predicted molar refractivity (Wildman–Crippen MR) is 65.7 cm³/mol. The molecule has 16 heavy (non-hydrogen) atoms. The van der Waals surface area contributed by atoms with E-state index in [1.165, 1.54) is 5.56 Å². The smallest absolute Gasteiger partial charge is 0.325 e. The molecule has 0 aliphatic carbocycles. The van der Waals surface area contributed by atoms with E-state index in [9.17, 15) is 4.79 Å². The highest BCUT2D eigenvalue weighted by molar-refractivity contribution is 5.75. The Balaban J connectivity index is 2.63. The van der Waals surface area contributed by atoms with Gasteiger partial charge in [-0.1, -0.05) is 32.0 Å². The topological polar surface area (TPSA) is 38.3 Å². The number of benzene rings is 1. The van der Waals surface area contributed by atoms with Crippen LogP contribution in [0.3, 0.4) is 0 Å². The second-order valence-electron chi connectivity index (χ2n) is 3.90. The van der Waals surface area contributed by atoms with E-state index in [1.807, 2.05) is 18.2 Å². The van der Waals surface area contributed by atoms with Gasteiger partial charge < -0.3 is 10.1 Å². The van der Waals surface area contributed by atoms with Crippen molar-refractivity contribution >= 4 is 11.7 Å². The Hall–Kier alpha value is -1.51. The summed E-state index contributed by atoms with van der Waals surface area (Å²) in [6.45, 7) is 6.71. The Kier molecular flexibility index (Phi) is 4.83. The van der Waals surface area contributed by atoms with Crippen molar-refractivity contribution in [3.63, 3.8) is 0 Å². The lowest BCUT2D eigenvalue weighted by Crippen LogP contribution is -2.17. The van der Waals surface area contributed by atoms with E-state index in [4.69, 9.17) is 4.74 Å². The molecule has 3 heteroatoms. The highest BCUT2D eigenvalue weighted by Crippen LogP contribution is 2.23. The number of nitrogens with one attached hydrogen (secondary N) is 1. The molecule has 0 aliphatic rings. The van der Waals surface area contributed by atoms with Gasteiger partial charge in [-0.2, -0.15) is 0 Å². The van der Waals surface area contributed by atoms with E-state index in [1.54, 1.807) is 6.92 Å². The fourth-order valence-electron chi connectivity index (χ4n) is 1.54. The summed E-state index contributed by atoms with van der Waals surface area (Å²) in [7, 11) is 0. The molecule has 0 aliphatic heterocycles. The zero-order valence-corrected chi connectivity index (χ0v) is 10.1. The van der Waals surface area contributed by atoms with E-state index in [0.717, 1.165) is 5.69 Å². The first kappa shape index (κ1) is 12.6. The van der Waals surface area contributed by atoms with Crippen molar-refractivity contribution in [1.29, 1.82) is 0 Å². The minimum atomic E-state index is -0.221. The van der Waals surface area contributed by atoms with Gasteiger partial charge in [0.15, 0.2) is 0 Å². The van der Waals surface area contributed by atoms with Gasteiger partial charge in [0.2, 0.25) is 0 Å². The molecule has 3 nitrogen and oxygen atoms in total. The summed E-state index contributed by atoms with van der Waals surface area (Å²) in [6.07, 6.45) is 0. The molecular formula is C13H19NO2. The largest absolute Gasteiger partial charge is 0.465 e. The standard InChI is InChI=1S/C13H19NO2/c1-4-16-13(15)9-14-12-8-6-5-7-11(12)10(2)3/h5-8,10,14H,4,9H2,1-3H3. The molecule has 0 fully saturated rings. The molecule has 0 bridgehead atoms. The molecular weight excluding hydrogens is 202 g/mol. The average Bonchev–Trinajstić information content (AvgIpc) is 2.27. The lowest BCUT2D eigenvalue weighted by molar-refractivity contribution is -0.140. The van der Waals surface area contributed by atoms with Gasteiger partial charge in [-0.05, 0) is 24.5 Å². The van der Waals surface area contributed by atoms with Crippen molar-refractivity contribution in [1.82, 2.24) is 0 Å². The number of carbonyl (C=O) groups is 1. The Labute approximate surface area is 96.8 Å². The van der Waals surface area contributed by atoms with Crippen molar-refractivity contribution in [2.24, 2.45) is 0 Å². The second kappa shape index (κ2) is 6.16. The van der Waals surface area contributed by atoms with Crippen molar-refractivity contribution in [3.05, 3.63) is 29.8 Å². The van der Waals surface area contributed by atoms with Gasteiger partial charge in [-0.25, -0.2) is 0 Å². The van der Waals surface area contributed by atoms with Gasteiger partial charge in [0.05, 0.1) is 6.61 Å². The molecule has 0 unspecified atom stereocenters. The lowest BCUT2D eigenvalue weighted by atomic mass is 10.0. The summed E-state index contributed by atoms with van der Waals surface area (Å²) in [5, 5.41) is 3.10. The first-order valence-corrected chi connectivity index (χ1v) is 5.63. The first-order valence-electron chi connectivity index (χ1n) is 5.63. The Bertz CT molecular complexity index is 348. The Morgan fingerprint density at radius 3 is 2.69 bits per heavy atom. The maximum absolute atomic E-state index is 11.2. The van der Waals surface area contributed by atoms with Crippen molar-refractivity contribution in [2.75, 3.05) is 18.5 Å². The van der Waals surface area contributed by atoms with Crippen LogP contribution in [0.4, 0.5) is 5.69 Å². The summed E-state index contributed by atoms with van der Waals surface area (Å²) < 4.78 is 4.86. The predicted octanol–water partition coefficient (Wildman–Crippen LogP) is 2.79. The van der Waals surface area contributed by atoms with Crippen LogP contribution < -0.4 is 5.32 Å². The molecule has 1 rings (SSSR count). The number of esters is 1. The molecule has 88 valence electrons. The monoisotopic (exact) mass is 221 g/mol. The van der Waals surface area contributed by atoms with Gasteiger partial charge in [0, 0.05) is 5.69 Å². The quantitative estimate of drug-likeness (QED) is 0.777. The summed E-state index contributed by atoms with van der Waals surface area (Å²) in [5.74, 6) is 0.215. The maximum atomic E-state index is 11.2. The fraction of sp³-hybridized carbons (Fsp3) is 0.462. The van der Waals surface area contributed by atoms with E-state index in [2.05, 4.69) is 25.2 Å². The van der Waals surface area contributed by atoms with Crippen LogP contribution in [0.15, 0.2) is 24.3 Å². The number of hydrogen-bond acceptors (Lipinski definition) is 3. The van der Waals surface area contributed by atoms with Gasteiger partial charge in [0.1, 0.15) is 6.54 Å². The average molecular weight is 221 g/mol. The zero-order chi connectivity index (χ0) is 12.0. The molecule has 0 amide bonds. The zero-order valence-electron chi connectivity index (χ0n) is 10.1. The van der Waals surface area contributed by atoms with Crippen LogP contribution in [0.25, 0.3) is 0 Å². The summed E-state index contributed by atoms with van der Waals surface area (Å²) >= 11 is 0. The third kappa shape index (κ3) is 3.57. The molecule has 0 saturated carbocycles. The third-order valence-electron chi connectivity index (χ3n) is 2.31. The molecule has 0 atom stereocenters. The van der Waals surface area contributed by atoms with Crippen LogP contribution in [0.5, 0.6) is 0 Å². The normalized spacial score (nSPS) is 10.2. The molecule has 1 aromatic rings. The van der Waals surface area contributed by atoms with Crippen molar-refractivity contribution < 1.29 is 9.53 Å². The van der Waals surface area contributed by atoms with Crippen LogP contribution in [-0.4, -0.2) is 19.1 Å². The molecule has 1 N–H and O–H groups in total. The Morgan fingerprint density at radius 1 is 1.38 bits per heavy atom. The van der Waals surface area contributed by atoms with E-state index in [-0.39, 0.29) is 12.5 Å².